The largest absolute Gasteiger partial charge is 0.343 e. The molecule has 1 aromatic carbocycles. The average molecular weight is 566 g/mol. The highest BCUT2D eigenvalue weighted by molar-refractivity contribution is 6.31. The quantitative estimate of drug-likeness (QED) is 0.517. The lowest BCUT2D eigenvalue weighted by Crippen LogP contribution is -2.60. The average Bonchev–Trinajstić information content (AvgIpc) is 3.27. The zero-order valence-corrected chi connectivity index (χ0v) is 22.7. The molecule has 2 atom stereocenters. The molecule has 0 bridgehead atoms. The molecular weight excluding hydrogens is 536 g/mol. The minimum absolute atomic E-state index is 0.212. The number of fused-ring (bicyclic) bond motifs is 1. The number of nitriles is 1. The zero-order valence-electron chi connectivity index (χ0n) is 22.0. The van der Waals surface area contributed by atoms with Gasteiger partial charge in [0.05, 0.1) is 30.6 Å². The molecule has 3 heterocycles. The maximum Gasteiger partial charge on any atom is 0.270 e. The van der Waals surface area contributed by atoms with Gasteiger partial charge >= 0.3 is 0 Å². The first-order valence-corrected chi connectivity index (χ1v) is 13.8. The van der Waals surface area contributed by atoms with Crippen molar-refractivity contribution in [3.8, 4) is 6.07 Å². The second-order valence-corrected chi connectivity index (χ2v) is 10.9. The number of rotatable bonds is 6. The smallest absolute Gasteiger partial charge is 0.270 e. The summed E-state index contributed by atoms with van der Waals surface area (Å²) in [4.78, 5) is 33.4. The van der Waals surface area contributed by atoms with Gasteiger partial charge in [-0.1, -0.05) is 48.4 Å². The Kier molecular flexibility index (Phi) is 8.02. The molecule has 2 fully saturated rings. The van der Waals surface area contributed by atoms with E-state index in [0.29, 0.717) is 29.6 Å². The van der Waals surface area contributed by atoms with Crippen LogP contribution in [0.15, 0.2) is 59.8 Å². The van der Waals surface area contributed by atoms with Crippen molar-refractivity contribution in [2.45, 2.75) is 43.7 Å². The van der Waals surface area contributed by atoms with Gasteiger partial charge in [0.25, 0.3) is 11.8 Å². The van der Waals surface area contributed by atoms with Gasteiger partial charge < -0.3 is 10.2 Å². The fourth-order valence-corrected chi connectivity index (χ4v) is 5.85. The molecular formula is C30H30ClF2N5O2. The number of hydrogen-bond donors (Lipinski definition) is 1. The molecule has 0 spiro atoms. The maximum absolute atomic E-state index is 14.6. The number of hydrogen-bond acceptors (Lipinski definition) is 5. The van der Waals surface area contributed by atoms with E-state index in [1.807, 2.05) is 48.6 Å². The van der Waals surface area contributed by atoms with Crippen molar-refractivity contribution in [1.82, 2.24) is 20.1 Å². The first-order valence-electron chi connectivity index (χ1n) is 13.4. The molecule has 2 aromatic rings. The van der Waals surface area contributed by atoms with Gasteiger partial charge in [0.15, 0.2) is 5.66 Å². The van der Waals surface area contributed by atoms with Crippen LogP contribution in [0.4, 0.5) is 8.78 Å². The number of halogens is 3. The van der Waals surface area contributed by atoms with Crippen LogP contribution in [0.1, 0.15) is 48.0 Å². The molecule has 1 aliphatic carbocycles. The predicted molar refractivity (Wildman–Crippen MR) is 149 cm³/mol. The Bertz CT molecular complexity index is 1440. The molecule has 0 radical (unpaired) electrons. The van der Waals surface area contributed by atoms with E-state index in [0.717, 1.165) is 41.2 Å². The van der Waals surface area contributed by atoms with E-state index in [4.69, 9.17) is 11.6 Å². The lowest BCUT2D eigenvalue weighted by atomic mass is 9.98. The number of pyridine rings is 1. The third-order valence-electron chi connectivity index (χ3n) is 7.73. The highest BCUT2D eigenvalue weighted by atomic mass is 35.5. The highest BCUT2D eigenvalue weighted by Crippen LogP contribution is 2.42. The Morgan fingerprint density at radius 3 is 2.75 bits per heavy atom. The van der Waals surface area contributed by atoms with Gasteiger partial charge in [-0.15, -0.1) is 0 Å². The van der Waals surface area contributed by atoms with Gasteiger partial charge in [0.1, 0.15) is 6.07 Å². The van der Waals surface area contributed by atoms with E-state index in [1.165, 1.54) is 6.20 Å². The van der Waals surface area contributed by atoms with Crippen LogP contribution in [0.3, 0.4) is 0 Å². The van der Waals surface area contributed by atoms with Crippen molar-refractivity contribution in [2.75, 3.05) is 26.2 Å². The Hall–Kier alpha value is -3.61. The number of piperidine rings is 1. The first kappa shape index (κ1) is 27.9. The van der Waals surface area contributed by atoms with E-state index >= 15 is 0 Å². The van der Waals surface area contributed by atoms with E-state index in [9.17, 15) is 23.6 Å². The summed E-state index contributed by atoms with van der Waals surface area (Å²) in [7, 11) is 0. The van der Waals surface area contributed by atoms with Crippen molar-refractivity contribution in [3.63, 3.8) is 0 Å². The number of amides is 2. The van der Waals surface area contributed by atoms with Crippen molar-refractivity contribution in [2.24, 2.45) is 5.92 Å². The van der Waals surface area contributed by atoms with Crippen LogP contribution < -0.4 is 5.32 Å². The number of nitrogens with zero attached hydrogens (tertiary/aromatic N) is 4. The van der Waals surface area contributed by atoms with Gasteiger partial charge in [-0.25, -0.2) is 8.78 Å². The third kappa shape index (κ3) is 5.79. The fraction of sp³-hybridized carbons (Fsp3) is 0.400. The molecule has 208 valence electrons. The van der Waals surface area contributed by atoms with Crippen LogP contribution in [0, 0.1) is 17.2 Å². The number of allylic oxidation sites excluding steroid dienone is 5. The molecule has 2 saturated heterocycles. The summed E-state index contributed by atoms with van der Waals surface area (Å²) in [5, 5.41) is 13.9. The number of aromatic nitrogens is 1. The standard InChI is InChI=1S/C30H30ClF2N5O2/c31-23-9-6-21(7-10-23)4-5-22-8-11-26-25(16-22)24(12-13-35-26)28(40)36-17-27(39)38-20-29(32,33)18-30(38,19-34)37-14-2-1-3-15-37/h4-6,8-13,16,21H,1-3,7,14-15,17-18,20H2,(H,36,40)/b5-4+/t21?,30-/m0/s1. The Morgan fingerprint density at radius 2 is 2.02 bits per heavy atom. The molecule has 2 aliphatic heterocycles. The Morgan fingerprint density at radius 1 is 1.23 bits per heavy atom. The first-order chi connectivity index (χ1) is 19.2. The summed E-state index contributed by atoms with van der Waals surface area (Å²) < 4.78 is 29.2. The summed E-state index contributed by atoms with van der Waals surface area (Å²) in [5.74, 6) is -4.21. The number of likely N-dealkylation sites (tertiary alicyclic amines) is 2. The molecule has 3 aliphatic rings. The van der Waals surface area contributed by atoms with Gasteiger partial charge in [-0.3, -0.25) is 19.5 Å². The SMILES string of the molecule is N#C[C@]1(N2CCCCC2)CC(F)(F)CN1C(=O)CNC(=O)c1ccnc2ccc(/C=C/C3C=CC(Cl)=CC3)cc12. The minimum atomic E-state index is -3.19. The fourth-order valence-electron chi connectivity index (χ4n) is 5.69. The number of carbonyl (C=O) groups is 2. The van der Waals surface area contributed by atoms with Crippen molar-refractivity contribution >= 4 is 40.4 Å². The molecule has 1 aromatic heterocycles. The van der Waals surface area contributed by atoms with E-state index in [2.05, 4.69) is 16.4 Å². The van der Waals surface area contributed by atoms with Crippen LogP contribution in [0.25, 0.3) is 17.0 Å². The lowest BCUT2D eigenvalue weighted by molar-refractivity contribution is -0.139. The van der Waals surface area contributed by atoms with Crippen molar-refractivity contribution in [3.05, 3.63) is 70.9 Å². The topological polar surface area (TPSA) is 89.3 Å². The maximum atomic E-state index is 14.6. The second-order valence-electron chi connectivity index (χ2n) is 10.5. The number of carbonyl (C=O) groups excluding carboxylic acids is 2. The third-order valence-corrected chi connectivity index (χ3v) is 8.01. The van der Waals surface area contributed by atoms with Crippen LogP contribution >= 0.6 is 11.6 Å². The Balaban J connectivity index is 1.31. The molecule has 40 heavy (non-hydrogen) atoms. The summed E-state index contributed by atoms with van der Waals surface area (Å²) in [6.45, 7) is -0.403. The van der Waals surface area contributed by atoms with Gasteiger partial charge in [-0.05, 0) is 55.0 Å². The molecule has 7 nitrogen and oxygen atoms in total. The van der Waals surface area contributed by atoms with Crippen LogP contribution in [0.2, 0.25) is 0 Å². The number of benzene rings is 1. The lowest BCUT2D eigenvalue weighted by Gasteiger charge is -2.43. The van der Waals surface area contributed by atoms with Crippen LogP contribution in [-0.4, -0.2) is 64.4 Å². The zero-order chi connectivity index (χ0) is 28.3. The second kappa shape index (κ2) is 11.5. The number of nitrogens with one attached hydrogen (secondary N) is 1. The van der Waals surface area contributed by atoms with Crippen LogP contribution in [0.5, 0.6) is 0 Å². The summed E-state index contributed by atoms with van der Waals surface area (Å²) in [6, 6.07) is 9.16. The molecule has 2 amide bonds. The van der Waals surface area contributed by atoms with E-state index in [1.54, 1.807) is 11.0 Å². The van der Waals surface area contributed by atoms with Crippen LogP contribution in [-0.2, 0) is 4.79 Å². The van der Waals surface area contributed by atoms with E-state index < -0.39 is 42.9 Å². The molecule has 10 heteroatoms. The molecule has 5 rings (SSSR count). The summed E-state index contributed by atoms with van der Waals surface area (Å²) >= 11 is 6.00. The molecule has 1 N–H and O–H groups in total. The monoisotopic (exact) mass is 565 g/mol. The van der Waals surface area contributed by atoms with Gasteiger partial charge in [0.2, 0.25) is 5.91 Å². The van der Waals surface area contributed by atoms with Crippen molar-refractivity contribution < 1.29 is 18.4 Å². The van der Waals surface area contributed by atoms with Crippen molar-refractivity contribution in [1.29, 1.82) is 5.26 Å². The van der Waals surface area contributed by atoms with Gasteiger partial charge in [0, 0.05) is 29.7 Å². The molecule has 0 saturated carbocycles. The minimum Gasteiger partial charge on any atom is -0.343 e. The predicted octanol–water partition coefficient (Wildman–Crippen LogP) is 5.25. The highest BCUT2D eigenvalue weighted by Gasteiger charge is 2.60. The number of alkyl halides is 2. The Labute approximate surface area is 236 Å². The van der Waals surface area contributed by atoms with Gasteiger partial charge in [-0.2, -0.15) is 5.26 Å². The summed E-state index contributed by atoms with van der Waals surface area (Å²) in [6.07, 6.45) is 14.0. The molecule has 1 unspecified atom stereocenters. The normalized spacial score (nSPS) is 24.7. The summed E-state index contributed by atoms with van der Waals surface area (Å²) in [5.41, 5.74) is 0.0792. The van der Waals surface area contributed by atoms with E-state index in [-0.39, 0.29) is 5.92 Å².